The molecule has 1 heterocycles. The van der Waals surface area contributed by atoms with Crippen molar-refractivity contribution < 1.29 is 22.7 Å². The van der Waals surface area contributed by atoms with E-state index >= 15 is 0 Å². The van der Waals surface area contributed by atoms with Crippen LogP contribution in [0.5, 0.6) is 0 Å². The first-order valence-corrected chi connectivity index (χ1v) is 14.9. The van der Waals surface area contributed by atoms with Crippen molar-refractivity contribution in [3.63, 3.8) is 0 Å². The maximum absolute atomic E-state index is 14.6. The first kappa shape index (κ1) is 27.4. The highest BCUT2D eigenvalue weighted by molar-refractivity contribution is 7.89. The first-order valence-electron chi connectivity index (χ1n) is 13.5. The minimum absolute atomic E-state index is 0.0554. The van der Waals surface area contributed by atoms with Crippen LogP contribution in [0.2, 0.25) is 0 Å². The van der Waals surface area contributed by atoms with Crippen molar-refractivity contribution in [1.82, 2.24) is 9.62 Å². The second-order valence-corrected chi connectivity index (χ2v) is 12.1. The van der Waals surface area contributed by atoms with Gasteiger partial charge in [0.1, 0.15) is 0 Å². The van der Waals surface area contributed by atoms with Crippen LogP contribution in [0.15, 0.2) is 132 Å². The summed E-state index contributed by atoms with van der Waals surface area (Å²) in [5, 5.41) is 4.38. The van der Waals surface area contributed by atoms with Gasteiger partial charge in [0.15, 0.2) is 6.23 Å². The van der Waals surface area contributed by atoms with E-state index in [-0.39, 0.29) is 11.3 Å². The summed E-state index contributed by atoms with van der Waals surface area (Å²) in [7, 11) is -4.43. The molecule has 2 atom stereocenters. The summed E-state index contributed by atoms with van der Waals surface area (Å²) >= 11 is 0. The molecule has 2 amide bonds. The van der Waals surface area contributed by atoms with E-state index in [0.717, 1.165) is 20.6 Å². The fraction of sp³-hybridized carbons (Fsp3) is 0.118. The molecule has 42 heavy (non-hydrogen) atoms. The fourth-order valence-electron chi connectivity index (χ4n) is 5.26. The molecule has 0 aliphatic carbocycles. The normalized spacial score (nSPS) is 18.7. The Bertz CT molecular complexity index is 1870. The van der Waals surface area contributed by atoms with Gasteiger partial charge in [0.05, 0.1) is 4.90 Å². The van der Waals surface area contributed by atoms with Crippen molar-refractivity contribution >= 4 is 32.6 Å². The summed E-state index contributed by atoms with van der Waals surface area (Å²) in [6.07, 6.45) is -1.44. The lowest BCUT2D eigenvalue weighted by molar-refractivity contribution is -0.138. The lowest BCUT2D eigenvalue weighted by Gasteiger charge is -2.27. The zero-order valence-corrected chi connectivity index (χ0v) is 23.6. The minimum Gasteiger partial charge on any atom is -0.317 e. The van der Waals surface area contributed by atoms with Crippen molar-refractivity contribution in [2.45, 2.75) is 30.2 Å². The van der Waals surface area contributed by atoms with E-state index in [1.165, 1.54) is 12.1 Å². The predicted molar refractivity (Wildman–Crippen MR) is 160 cm³/mol. The molecule has 5 aromatic carbocycles. The Kier molecular flexibility index (Phi) is 7.10. The third kappa shape index (κ3) is 4.95. The standard InChI is InChI=1S/C34H28N2O5S/c1-24-19-21-28(22-20-24)42(39,40)36-32(30-18-10-16-26-13-8-9-17-29(26)30)41-34(33(36)38,23-25-11-4-2-5-12-25)35-31(37)27-14-6-3-7-15-27/h2-22,32H,23H2,1H3,(H,35,37). The van der Waals surface area contributed by atoms with Crippen molar-refractivity contribution in [1.29, 1.82) is 0 Å². The molecular weight excluding hydrogens is 548 g/mol. The SMILES string of the molecule is Cc1ccc(S(=O)(=O)N2C(=O)C(Cc3ccccc3)(NC(=O)c3ccccc3)OC2c2cccc3ccccc23)cc1. The number of carbonyl (C=O) groups is 2. The van der Waals surface area contributed by atoms with Gasteiger partial charge in [-0.1, -0.05) is 109 Å². The summed E-state index contributed by atoms with van der Waals surface area (Å²) in [5.74, 6) is -1.44. The van der Waals surface area contributed by atoms with Crippen LogP contribution in [0.25, 0.3) is 10.8 Å². The highest BCUT2D eigenvalue weighted by atomic mass is 32.2. The van der Waals surface area contributed by atoms with E-state index in [1.807, 2.05) is 55.5 Å². The third-order valence-corrected chi connectivity index (χ3v) is 9.13. The van der Waals surface area contributed by atoms with Gasteiger partial charge < -0.3 is 10.1 Å². The number of hydrogen-bond acceptors (Lipinski definition) is 5. The molecule has 7 nitrogen and oxygen atoms in total. The molecule has 8 heteroatoms. The Morgan fingerprint density at radius 3 is 2.14 bits per heavy atom. The van der Waals surface area contributed by atoms with Crippen LogP contribution in [-0.4, -0.2) is 30.3 Å². The average molecular weight is 577 g/mol. The van der Waals surface area contributed by atoms with Gasteiger partial charge in [0.2, 0.25) is 5.72 Å². The molecule has 2 unspecified atom stereocenters. The molecule has 1 N–H and O–H groups in total. The summed E-state index contributed by atoms with van der Waals surface area (Å²) in [4.78, 5) is 28.1. The molecule has 0 radical (unpaired) electrons. The number of rotatable bonds is 7. The second kappa shape index (κ2) is 10.9. The number of nitrogens with zero attached hydrogens (tertiary/aromatic N) is 1. The molecule has 5 aromatic rings. The number of benzene rings is 5. The molecule has 0 aromatic heterocycles. The van der Waals surface area contributed by atoms with Crippen LogP contribution < -0.4 is 5.32 Å². The number of fused-ring (bicyclic) bond motifs is 1. The van der Waals surface area contributed by atoms with Gasteiger partial charge in [-0.25, -0.2) is 8.42 Å². The smallest absolute Gasteiger partial charge is 0.292 e. The number of nitrogens with one attached hydrogen (secondary N) is 1. The van der Waals surface area contributed by atoms with Crippen LogP contribution in [-0.2, 0) is 26.0 Å². The molecule has 210 valence electrons. The fourth-order valence-corrected chi connectivity index (χ4v) is 6.74. The monoisotopic (exact) mass is 576 g/mol. The van der Waals surface area contributed by atoms with Crippen molar-refractivity contribution in [3.8, 4) is 0 Å². The predicted octanol–water partition coefficient (Wildman–Crippen LogP) is 5.76. The molecule has 6 rings (SSSR count). The molecule has 0 bridgehead atoms. The number of amides is 2. The topological polar surface area (TPSA) is 92.8 Å². The maximum atomic E-state index is 14.6. The number of hydrogen-bond donors (Lipinski definition) is 1. The minimum atomic E-state index is -4.43. The highest BCUT2D eigenvalue weighted by Gasteiger charge is 2.59. The quantitative estimate of drug-likeness (QED) is 0.266. The number of carbonyl (C=O) groups excluding carboxylic acids is 2. The van der Waals surface area contributed by atoms with Gasteiger partial charge >= 0.3 is 0 Å². The van der Waals surface area contributed by atoms with E-state index in [2.05, 4.69) is 5.32 Å². The number of ether oxygens (including phenoxy) is 1. The van der Waals surface area contributed by atoms with Crippen LogP contribution in [0.1, 0.15) is 33.3 Å². The van der Waals surface area contributed by atoms with E-state index in [1.54, 1.807) is 66.7 Å². The van der Waals surface area contributed by atoms with Crippen LogP contribution in [0, 0.1) is 6.92 Å². The van der Waals surface area contributed by atoms with Gasteiger partial charge in [-0.3, -0.25) is 9.59 Å². The van der Waals surface area contributed by atoms with Crippen molar-refractivity contribution in [3.05, 3.63) is 150 Å². The van der Waals surface area contributed by atoms with Crippen LogP contribution in [0.3, 0.4) is 0 Å². The van der Waals surface area contributed by atoms with Gasteiger partial charge in [-0.15, -0.1) is 0 Å². The van der Waals surface area contributed by atoms with Gasteiger partial charge in [0, 0.05) is 17.5 Å². The van der Waals surface area contributed by atoms with E-state index in [0.29, 0.717) is 16.7 Å². The van der Waals surface area contributed by atoms with Gasteiger partial charge in [-0.2, -0.15) is 4.31 Å². The Labute approximate surface area is 244 Å². The molecule has 1 fully saturated rings. The van der Waals surface area contributed by atoms with E-state index in [4.69, 9.17) is 4.74 Å². The second-order valence-electron chi connectivity index (χ2n) is 10.3. The molecule has 0 spiro atoms. The van der Waals surface area contributed by atoms with Crippen LogP contribution in [0.4, 0.5) is 0 Å². The summed E-state index contributed by atoms with van der Waals surface area (Å²) < 4.78 is 35.9. The van der Waals surface area contributed by atoms with Crippen molar-refractivity contribution in [2.75, 3.05) is 0 Å². The average Bonchev–Trinajstić information content (AvgIpc) is 3.29. The third-order valence-electron chi connectivity index (χ3n) is 7.39. The van der Waals surface area contributed by atoms with Gasteiger partial charge in [-0.05, 0) is 47.5 Å². The van der Waals surface area contributed by atoms with E-state index in [9.17, 15) is 18.0 Å². The Morgan fingerprint density at radius 1 is 0.810 bits per heavy atom. The highest BCUT2D eigenvalue weighted by Crippen LogP contribution is 2.43. The van der Waals surface area contributed by atoms with Gasteiger partial charge in [0.25, 0.3) is 21.8 Å². The maximum Gasteiger partial charge on any atom is 0.292 e. The Morgan fingerprint density at radius 2 is 1.43 bits per heavy atom. The van der Waals surface area contributed by atoms with Crippen LogP contribution >= 0.6 is 0 Å². The summed E-state index contributed by atoms with van der Waals surface area (Å²) in [6.45, 7) is 1.85. The molecule has 1 aliphatic heterocycles. The molecular formula is C34H28N2O5S. The zero-order valence-electron chi connectivity index (χ0n) is 22.8. The molecule has 0 saturated carbocycles. The molecule has 1 saturated heterocycles. The Hall–Kier alpha value is -4.79. The first-order chi connectivity index (χ1) is 20.3. The largest absolute Gasteiger partial charge is 0.317 e. The number of sulfonamides is 1. The van der Waals surface area contributed by atoms with E-state index < -0.39 is 33.8 Å². The summed E-state index contributed by atoms with van der Waals surface area (Å²) in [6, 6.07) is 36.7. The summed E-state index contributed by atoms with van der Waals surface area (Å²) in [5.41, 5.74) is 0.333. The lowest BCUT2D eigenvalue weighted by Crippen LogP contribution is -2.57. The number of aryl methyl sites for hydroxylation is 1. The Balaban J connectivity index is 1.55. The van der Waals surface area contributed by atoms with Crippen molar-refractivity contribution in [2.24, 2.45) is 0 Å². The zero-order chi connectivity index (χ0) is 29.3. The lowest BCUT2D eigenvalue weighted by atomic mass is 10.0. The molecule has 1 aliphatic rings.